The Morgan fingerprint density at radius 2 is 1.34 bits per heavy atom. The van der Waals surface area contributed by atoms with Crippen LogP contribution in [0.5, 0.6) is 0 Å². The van der Waals surface area contributed by atoms with Crippen molar-refractivity contribution in [3.05, 3.63) is 35.4 Å². The number of aryl methyl sites for hydroxylation is 1. The fourth-order valence-electron chi connectivity index (χ4n) is 7.42. The maximum atomic E-state index is 2.51. The molecule has 0 saturated heterocycles. The number of benzene rings is 1. The van der Waals surface area contributed by atoms with Gasteiger partial charge in [-0.05, 0) is 98.0 Å². The molecule has 1 aromatic carbocycles. The molecule has 0 aromatic heterocycles. The molecule has 29 heavy (non-hydrogen) atoms. The summed E-state index contributed by atoms with van der Waals surface area (Å²) in [7, 11) is 0. The maximum Gasteiger partial charge on any atom is -0.00463 e. The van der Waals surface area contributed by atoms with Gasteiger partial charge in [-0.3, -0.25) is 0 Å². The molecule has 0 nitrogen and oxygen atoms in total. The zero-order valence-electron chi connectivity index (χ0n) is 19.5. The average molecular weight is 395 g/mol. The Hall–Kier alpha value is -0.780. The van der Waals surface area contributed by atoms with Crippen molar-refractivity contribution in [2.45, 2.75) is 128 Å². The van der Waals surface area contributed by atoms with Crippen molar-refractivity contribution in [1.29, 1.82) is 0 Å². The molecule has 4 aliphatic rings. The number of hydrogen-bond acceptors (Lipinski definition) is 0. The second-order valence-corrected chi connectivity index (χ2v) is 11.2. The van der Waals surface area contributed by atoms with Crippen molar-refractivity contribution >= 4 is 0 Å². The fraction of sp³-hybridized carbons (Fsp3) is 0.793. The van der Waals surface area contributed by atoms with E-state index in [2.05, 4.69) is 38.1 Å². The summed E-state index contributed by atoms with van der Waals surface area (Å²) in [6.45, 7) is 4.65. The molecule has 4 aliphatic carbocycles. The monoisotopic (exact) mass is 394 g/mol. The first-order chi connectivity index (χ1) is 14.2. The van der Waals surface area contributed by atoms with E-state index in [1.165, 1.54) is 96.3 Å². The summed E-state index contributed by atoms with van der Waals surface area (Å²) in [5.74, 6) is 2.12. The third-order valence-corrected chi connectivity index (χ3v) is 9.62. The molecule has 5 rings (SSSR count). The van der Waals surface area contributed by atoms with Gasteiger partial charge < -0.3 is 0 Å². The molecule has 4 saturated carbocycles. The van der Waals surface area contributed by atoms with Crippen LogP contribution in [0.3, 0.4) is 0 Å². The van der Waals surface area contributed by atoms with Crippen LogP contribution in [0.15, 0.2) is 24.3 Å². The Labute approximate surface area is 181 Å². The highest BCUT2D eigenvalue weighted by atomic mass is 14.6. The highest BCUT2D eigenvalue weighted by molar-refractivity contribution is 5.31. The van der Waals surface area contributed by atoms with Crippen molar-refractivity contribution in [1.82, 2.24) is 0 Å². The fourth-order valence-corrected chi connectivity index (χ4v) is 7.42. The van der Waals surface area contributed by atoms with E-state index in [0.717, 1.165) is 17.3 Å². The van der Waals surface area contributed by atoms with E-state index >= 15 is 0 Å². The summed E-state index contributed by atoms with van der Waals surface area (Å²) in [5.41, 5.74) is 4.49. The van der Waals surface area contributed by atoms with Crippen molar-refractivity contribution in [2.24, 2.45) is 17.3 Å². The van der Waals surface area contributed by atoms with E-state index in [9.17, 15) is 0 Å². The Balaban J connectivity index is 1.33. The topological polar surface area (TPSA) is 0 Å². The standard InChI is InChI=1S/C29H46/c1-3-5-7-9-25-12-16-27(17-13-25)29-21-18-28(19-22-29,20-23-29)26-14-10-24(11-15-26)8-6-4-2/h12-13,16-17,24,26H,3-11,14-15,18-23H2,1-2H3/t24-,26-,28?,29?. The minimum Gasteiger partial charge on any atom is -0.0654 e. The molecule has 2 bridgehead atoms. The Bertz CT molecular complexity index is 591. The average Bonchev–Trinajstić information content (AvgIpc) is 2.80. The predicted octanol–water partition coefficient (Wildman–Crippen LogP) is 9.01. The highest BCUT2D eigenvalue weighted by Gasteiger charge is 2.52. The Morgan fingerprint density at radius 3 is 1.93 bits per heavy atom. The molecule has 0 radical (unpaired) electrons. The number of hydrogen-bond donors (Lipinski definition) is 0. The third-order valence-electron chi connectivity index (χ3n) is 9.62. The van der Waals surface area contributed by atoms with Gasteiger partial charge in [0.1, 0.15) is 0 Å². The van der Waals surface area contributed by atoms with Gasteiger partial charge in [0.05, 0.1) is 0 Å². The van der Waals surface area contributed by atoms with E-state index in [1.807, 2.05) is 0 Å². The van der Waals surface area contributed by atoms with Crippen LogP contribution >= 0.6 is 0 Å². The Kier molecular flexibility index (Phi) is 7.08. The van der Waals surface area contributed by atoms with Crippen LogP contribution in [0.25, 0.3) is 0 Å². The predicted molar refractivity (Wildman–Crippen MR) is 126 cm³/mol. The van der Waals surface area contributed by atoms with Crippen LogP contribution < -0.4 is 0 Å². The van der Waals surface area contributed by atoms with E-state index in [4.69, 9.17) is 0 Å². The number of unbranched alkanes of at least 4 members (excludes halogenated alkanes) is 3. The third kappa shape index (κ3) is 4.62. The molecule has 0 heterocycles. The molecular formula is C29H46. The van der Waals surface area contributed by atoms with Gasteiger partial charge in [-0.2, -0.15) is 0 Å². The first kappa shape index (κ1) is 21.5. The lowest BCUT2D eigenvalue weighted by molar-refractivity contribution is -0.0294. The molecule has 0 unspecified atom stereocenters. The van der Waals surface area contributed by atoms with Gasteiger partial charge in [0.15, 0.2) is 0 Å². The van der Waals surface area contributed by atoms with Crippen LogP contribution in [0.2, 0.25) is 0 Å². The minimum atomic E-state index is 0.530. The van der Waals surface area contributed by atoms with Crippen LogP contribution in [-0.2, 0) is 11.8 Å². The molecule has 0 amide bonds. The van der Waals surface area contributed by atoms with Crippen molar-refractivity contribution in [2.75, 3.05) is 0 Å². The summed E-state index contributed by atoms with van der Waals surface area (Å²) < 4.78 is 0. The second-order valence-electron chi connectivity index (χ2n) is 11.2. The molecule has 0 heteroatoms. The van der Waals surface area contributed by atoms with Gasteiger partial charge in [0.2, 0.25) is 0 Å². The smallest absolute Gasteiger partial charge is 0.00463 e. The van der Waals surface area contributed by atoms with E-state index < -0.39 is 0 Å². The zero-order chi connectivity index (χ0) is 20.2. The summed E-state index contributed by atoms with van der Waals surface area (Å²) in [6, 6.07) is 9.93. The van der Waals surface area contributed by atoms with Crippen LogP contribution in [-0.4, -0.2) is 0 Å². The summed E-state index contributed by atoms with van der Waals surface area (Å²) in [5, 5.41) is 0. The van der Waals surface area contributed by atoms with Crippen molar-refractivity contribution < 1.29 is 0 Å². The molecule has 0 aliphatic heterocycles. The normalized spacial score (nSPS) is 34.4. The summed E-state index contributed by atoms with van der Waals surface area (Å²) in [6.07, 6.45) is 24.8. The van der Waals surface area contributed by atoms with Gasteiger partial charge in [-0.25, -0.2) is 0 Å². The van der Waals surface area contributed by atoms with E-state index in [1.54, 1.807) is 24.0 Å². The number of rotatable bonds is 9. The summed E-state index contributed by atoms with van der Waals surface area (Å²) in [4.78, 5) is 0. The second kappa shape index (κ2) is 9.57. The SMILES string of the molecule is CCCCCc1ccc(C23CCC([C@H]4CC[C@H](CCCC)CC4)(CC2)CC3)cc1. The van der Waals surface area contributed by atoms with E-state index in [0.29, 0.717) is 5.41 Å². The largest absolute Gasteiger partial charge is 0.0654 e. The van der Waals surface area contributed by atoms with Gasteiger partial charge in [-0.1, -0.05) is 83.1 Å². The van der Waals surface area contributed by atoms with Crippen molar-refractivity contribution in [3.8, 4) is 0 Å². The van der Waals surface area contributed by atoms with Crippen LogP contribution in [0, 0.1) is 17.3 Å². The van der Waals surface area contributed by atoms with Gasteiger partial charge in [-0.15, -0.1) is 0 Å². The lowest BCUT2D eigenvalue weighted by atomic mass is 9.47. The molecule has 0 atom stereocenters. The first-order valence-electron chi connectivity index (χ1n) is 13.3. The molecule has 0 spiro atoms. The number of fused-ring (bicyclic) bond motifs is 3. The minimum absolute atomic E-state index is 0.530. The van der Waals surface area contributed by atoms with Crippen LogP contribution in [0.4, 0.5) is 0 Å². The lowest BCUT2D eigenvalue weighted by Gasteiger charge is -2.58. The molecule has 1 aromatic rings. The Morgan fingerprint density at radius 1 is 0.724 bits per heavy atom. The molecule has 162 valence electrons. The summed E-state index contributed by atoms with van der Waals surface area (Å²) >= 11 is 0. The quantitative estimate of drug-likeness (QED) is 0.366. The van der Waals surface area contributed by atoms with Crippen molar-refractivity contribution in [3.63, 3.8) is 0 Å². The lowest BCUT2D eigenvalue weighted by Crippen LogP contribution is -2.48. The maximum absolute atomic E-state index is 2.51. The molecule has 0 N–H and O–H groups in total. The zero-order valence-corrected chi connectivity index (χ0v) is 19.5. The van der Waals surface area contributed by atoms with Gasteiger partial charge >= 0.3 is 0 Å². The van der Waals surface area contributed by atoms with Gasteiger partial charge in [0.25, 0.3) is 0 Å². The van der Waals surface area contributed by atoms with Gasteiger partial charge in [0, 0.05) is 0 Å². The van der Waals surface area contributed by atoms with E-state index in [-0.39, 0.29) is 0 Å². The molecular weight excluding hydrogens is 348 g/mol. The molecule has 4 fully saturated rings. The highest BCUT2D eigenvalue weighted by Crippen LogP contribution is 2.62. The first-order valence-corrected chi connectivity index (χ1v) is 13.3. The van der Waals surface area contributed by atoms with Crippen LogP contribution in [0.1, 0.15) is 128 Å².